The van der Waals surface area contributed by atoms with Crippen molar-refractivity contribution in [3.05, 3.63) is 39.9 Å². The lowest BCUT2D eigenvalue weighted by Gasteiger charge is -2.10. The Morgan fingerprint density at radius 3 is 2.79 bits per heavy atom. The Labute approximate surface area is 125 Å². The SMILES string of the molecule is COc1ccc(Br)cc1CC(C)=CCCNC(C)C. The van der Waals surface area contributed by atoms with E-state index >= 15 is 0 Å². The van der Waals surface area contributed by atoms with Gasteiger partial charge in [0.15, 0.2) is 0 Å². The van der Waals surface area contributed by atoms with Gasteiger partial charge in [-0.25, -0.2) is 0 Å². The molecule has 0 aliphatic carbocycles. The summed E-state index contributed by atoms with van der Waals surface area (Å²) in [6.45, 7) is 7.55. The highest BCUT2D eigenvalue weighted by Gasteiger charge is 2.04. The van der Waals surface area contributed by atoms with Crippen LogP contribution in [0.5, 0.6) is 5.75 Å². The van der Waals surface area contributed by atoms with E-state index in [0.29, 0.717) is 6.04 Å². The van der Waals surface area contributed by atoms with Crippen LogP contribution in [0.3, 0.4) is 0 Å². The number of hydrogen-bond acceptors (Lipinski definition) is 2. The van der Waals surface area contributed by atoms with Crippen molar-refractivity contribution >= 4 is 15.9 Å². The van der Waals surface area contributed by atoms with Gasteiger partial charge in [-0.3, -0.25) is 0 Å². The van der Waals surface area contributed by atoms with Gasteiger partial charge in [-0.1, -0.05) is 41.4 Å². The molecule has 0 saturated heterocycles. The maximum Gasteiger partial charge on any atom is 0.122 e. The van der Waals surface area contributed by atoms with Crippen molar-refractivity contribution in [2.24, 2.45) is 0 Å². The molecule has 1 N–H and O–H groups in total. The first-order chi connectivity index (χ1) is 9.02. The molecule has 0 aromatic heterocycles. The van der Waals surface area contributed by atoms with Gasteiger partial charge in [0.05, 0.1) is 7.11 Å². The van der Waals surface area contributed by atoms with Gasteiger partial charge in [0, 0.05) is 10.5 Å². The molecule has 0 spiro atoms. The highest BCUT2D eigenvalue weighted by Crippen LogP contribution is 2.25. The van der Waals surface area contributed by atoms with Crippen LogP contribution in [-0.2, 0) is 6.42 Å². The highest BCUT2D eigenvalue weighted by molar-refractivity contribution is 9.10. The zero-order valence-corrected chi connectivity index (χ0v) is 13.9. The minimum absolute atomic E-state index is 0.555. The Hall–Kier alpha value is -0.800. The number of ether oxygens (including phenoxy) is 1. The quantitative estimate of drug-likeness (QED) is 0.595. The molecular formula is C16H24BrNO. The fourth-order valence-electron chi connectivity index (χ4n) is 1.95. The monoisotopic (exact) mass is 325 g/mol. The fourth-order valence-corrected chi connectivity index (χ4v) is 2.36. The van der Waals surface area contributed by atoms with Crippen LogP contribution >= 0.6 is 15.9 Å². The van der Waals surface area contributed by atoms with E-state index in [1.165, 1.54) is 11.1 Å². The van der Waals surface area contributed by atoms with Crippen molar-refractivity contribution < 1.29 is 4.74 Å². The van der Waals surface area contributed by atoms with Gasteiger partial charge in [0.25, 0.3) is 0 Å². The molecule has 19 heavy (non-hydrogen) atoms. The van der Waals surface area contributed by atoms with Gasteiger partial charge < -0.3 is 10.1 Å². The fraction of sp³-hybridized carbons (Fsp3) is 0.500. The molecule has 106 valence electrons. The third kappa shape index (κ3) is 6.26. The van der Waals surface area contributed by atoms with Crippen LogP contribution in [0.2, 0.25) is 0 Å². The molecule has 1 rings (SSSR count). The van der Waals surface area contributed by atoms with E-state index in [1.54, 1.807) is 7.11 Å². The van der Waals surface area contributed by atoms with Crippen LogP contribution in [0, 0.1) is 0 Å². The van der Waals surface area contributed by atoms with Crippen molar-refractivity contribution in [2.45, 2.75) is 39.7 Å². The third-order valence-electron chi connectivity index (χ3n) is 2.90. The third-order valence-corrected chi connectivity index (χ3v) is 3.39. The number of benzene rings is 1. The summed E-state index contributed by atoms with van der Waals surface area (Å²) in [5.74, 6) is 0.955. The number of rotatable bonds is 7. The van der Waals surface area contributed by atoms with E-state index in [-0.39, 0.29) is 0 Å². The molecule has 1 aromatic rings. The second kappa shape index (κ2) is 8.39. The normalized spacial score (nSPS) is 12.0. The van der Waals surface area contributed by atoms with Crippen molar-refractivity contribution in [3.8, 4) is 5.75 Å². The first-order valence-electron chi connectivity index (χ1n) is 6.74. The van der Waals surface area contributed by atoms with E-state index in [4.69, 9.17) is 4.74 Å². The molecule has 0 atom stereocenters. The van der Waals surface area contributed by atoms with Gasteiger partial charge >= 0.3 is 0 Å². The number of halogens is 1. The molecule has 1 aromatic carbocycles. The first-order valence-corrected chi connectivity index (χ1v) is 7.53. The average Bonchev–Trinajstić information content (AvgIpc) is 2.35. The molecule has 0 fully saturated rings. The summed E-state index contributed by atoms with van der Waals surface area (Å²) in [6, 6.07) is 6.70. The Bertz CT molecular complexity index is 427. The van der Waals surface area contributed by atoms with E-state index in [0.717, 1.165) is 29.6 Å². The summed E-state index contributed by atoms with van der Waals surface area (Å²) in [6.07, 6.45) is 4.31. The summed E-state index contributed by atoms with van der Waals surface area (Å²) < 4.78 is 6.49. The predicted molar refractivity (Wildman–Crippen MR) is 85.9 cm³/mol. The van der Waals surface area contributed by atoms with Crippen LogP contribution in [0.4, 0.5) is 0 Å². The predicted octanol–water partition coefficient (Wildman–Crippen LogP) is 4.33. The number of nitrogens with one attached hydrogen (secondary N) is 1. The zero-order chi connectivity index (χ0) is 14.3. The standard InChI is InChI=1S/C16H24BrNO/c1-12(2)18-9-5-6-13(3)10-14-11-15(17)7-8-16(14)19-4/h6-8,11-12,18H,5,9-10H2,1-4H3. The Kier molecular flexibility index (Phi) is 7.17. The van der Waals surface area contributed by atoms with Gasteiger partial charge in [0.2, 0.25) is 0 Å². The van der Waals surface area contributed by atoms with E-state index in [9.17, 15) is 0 Å². The average molecular weight is 326 g/mol. The zero-order valence-electron chi connectivity index (χ0n) is 12.3. The topological polar surface area (TPSA) is 21.3 Å². The molecule has 0 aliphatic rings. The molecule has 0 heterocycles. The smallest absolute Gasteiger partial charge is 0.122 e. The van der Waals surface area contributed by atoms with E-state index in [2.05, 4.69) is 54.2 Å². The molecule has 0 aliphatic heterocycles. The van der Waals surface area contributed by atoms with Gasteiger partial charge in [0.1, 0.15) is 5.75 Å². The number of allylic oxidation sites excluding steroid dienone is 1. The lowest BCUT2D eigenvalue weighted by Crippen LogP contribution is -2.23. The molecule has 3 heteroatoms. The second-order valence-electron chi connectivity index (χ2n) is 5.08. The Balaban J connectivity index is 2.58. The van der Waals surface area contributed by atoms with Crippen LogP contribution < -0.4 is 10.1 Å². The van der Waals surface area contributed by atoms with Crippen molar-refractivity contribution in [2.75, 3.05) is 13.7 Å². The first kappa shape index (κ1) is 16.3. The number of hydrogen-bond donors (Lipinski definition) is 1. The largest absolute Gasteiger partial charge is 0.496 e. The summed E-state index contributed by atoms with van der Waals surface area (Å²) in [5, 5.41) is 3.42. The Morgan fingerprint density at radius 1 is 1.42 bits per heavy atom. The van der Waals surface area contributed by atoms with Crippen LogP contribution in [0.1, 0.15) is 32.8 Å². The minimum Gasteiger partial charge on any atom is -0.496 e. The molecule has 0 unspecified atom stereocenters. The maximum atomic E-state index is 5.40. The molecule has 0 amide bonds. The van der Waals surface area contributed by atoms with Crippen molar-refractivity contribution in [3.63, 3.8) is 0 Å². The lowest BCUT2D eigenvalue weighted by atomic mass is 10.0. The van der Waals surface area contributed by atoms with Crippen LogP contribution in [0.25, 0.3) is 0 Å². The molecule has 0 bridgehead atoms. The van der Waals surface area contributed by atoms with Gasteiger partial charge in [-0.2, -0.15) is 0 Å². The minimum atomic E-state index is 0.555. The van der Waals surface area contributed by atoms with Crippen molar-refractivity contribution in [1.82, 2.24) is 5.32 Å². The summed E-state index contributed by atoms with van der Waals surface area (Å²) in [5.41, 5.74) is 2.60. The Morgan fingerprint density at radius 2 is 2.16 bits per heavy atom. The van der Waals surface area contributed by atoms with Crippen LogP contribution in [0.15, 0.2) is 34.3 Å². The van der Waals surface area contributed by atoms with Crippen molar-refractivity contribution in [1.29, 1.82) is 0 Å². The molecule has 0 saturated carbocycles. The molecule has 2 nitrogen and oxygen atoms in total. The number of methoxy groups -OCH3 is 1. The van der Waals surface area contributed by atoms with Gasteiger partial charge in [-0.15, -0.1) is 0 Å². The van der Waals surface area contributed by atoms with E-state index in [1.807, 2.05) is 12.1 Å². The highest BCUT2D eigenvalue weighted by atomic mass is 79.9. The second-order valence-corrected chi connectivity index (χ2v) is 6.00. The molecular weight excluding hydrogens is 302 g/mol. The van der Waals surface area contributed by atoms with E-state index < -0.39 is 0 Å². The maximum absolute atomic E-state index is 5.40. The molecule has 0 radical (unpaired) electrons. The summed E-state index contributed by atoms with van der Waals surface area (Å²) >= 11 is 3.51. The lowest BCUT2D eigenvalue weighted by molar-refractivity contribution is 0.410. The summed E-state index contributed by atoms with van der Waals surface area (Å²) in [4.78, 5) is 0. The van der Waals surface area contributed by atoms with Gasteiger partial charge in [-0.05, 0) is 50.1 Å². The van der Waals surface area contributed by atoms with Crippen LogP contribution in [-0.4, -0.2) is 19.7 Å². The summed E-state index contributed by atoms with van der Waals surface area (Å²) in [7, 11) is 1.72.